The summed E-state index contributed by atoms with van der Waals surface area (Å²) < 4.78 is 5.25. The van der Waals surface area contributed by atoms with Gasteiger partial charge in [-0.25, -0.2) is 4.98 Å². The standard InChI is InChI=1S/C12H22N4OS/c1-5-17-7-6-14-12(13-4)15-8-11-16-9(2)10(3)18-11/h5-8H2,1-4H3,(H2,13,14,15). The molecule has 1 aromatic heterocycles. The number of nitrogens with one attached hydrogen (secondary N) is 2. The fraction of sp³-hybridized carbons (Fsp3) is 0.667. The number of rotatable bonds is 6. The molecule has 0 saturated carbocycles. The number of hydrogen-bond donors (Lipinski definition) is 2. The van der Waals surface area contributed by atoms with E-state index in [1.54, 1.807) is 18.4 Å². The van der Waals surface area contributed by atoms with Crippen molar-refractivity contribution in [2.75, 3.05) is 26.8 Å². The molecule has 0 unspecified atom stereocenters. The molecule has 0 bridgehead atoms. The first-order chi connectivity index (χ1) is 8.67. The Labute approximate surface area is 113 Å². The van der Waals surface area contributed by atoms with E-state index in [0.717, 1.165) is 29.8 Å². The molecule has 5 nitrogen and oxygen atoms in total. The first-order valence-corrected chi connectivity index (χ1v) is 6.94. The molecule has 0 atom stereocenters. The zero-order chi connectivity index (χ0) is 13.4. The van der Waals surface area contributed by atoms with Gasteiger partial charge < -0.3 is 15.4 Å². The minimum atomic E-state index is 0.687. The van der Waals surface area contributed by atoms with E-state index in [4.69, 9.17) is 4.74 Å². The van der Waals surface area contributed by atoms with Gasteiger partial charge in [-0.15, -0.1) is 11.3 Å². The molecule has 0 saturated heterocycles. The Morgan fingerprint density at radius 3 is 2.72 bits per heavy atom. The summed E-state index contributed by atoms with van der Waals surface area (Å²) in [5, 5.41) is 7.50. The Morgan fingerprint density at radius 1 is 1.39 bits per heavy atom. The summed E-state index contributed by atoms with van der Waals surface area (Å²) in [7, 11) is 1.76. The van der Waals surface area contributed by atoms with E-state index in [-0.39, 0.29) is 0 Å². The zero-order valence-electron chi connectivity index (χ0n) is 11.5. The van der Waals surface area contributed by atoms with E-state index < -0.39 is 0 Å². The van der Waals surface area contributed by atoms with Crippen molar-refractivity contribution in [3.05, 3.63) is 15.6 Å². The molecule has 1 rings (SSSR count). The molecule has 0 radical (unpaired) electrons. The van der Waals surface area contributed by atoms with E-state index in [1.165, 1.54) is 4.88 Å². The average molecular weight is 270 g/mol. The number of guanidine groups is 1. The van der Waals surface area contributed by atoms with Crippen molar-refractivity contribution in [2.45, 2.75) is 27.3 Å². The SMILES string of the molecule is CCOCCNC(=NC)NCc1nc(C)c(C)s1. The maximum absolute atomic E-state index is 5.25. The van der Waals surface area contributed by atoms with Gasteiger partial charge in [-0.05, 0) is 20.8 Å². The van der Waals surface area contributed by atoms with Crippen LogP contribution in [0, 0.1) is 13.8 Å². The number of hydrogen-bond acceptors (Lipinski definition) is 4. The smallest absolute Gasteiger partial charge is 0.191 e. The molecule has 0 aromatic carbocycles. The van der Waals surface area contributed by atoms with Crippen molar-refractivity contribution in [3.63, 3.8) is 0 Å². The second-order valence-electron chi connectivity index (χ2n) is 3.80. The number of thiazole rings is 1. The van der Waals surface area contributed by atoms with Gasteiger partial charge in [0.05, 0.1) is 18.8 Å². The molecule has 102 valence electrons. The Morgan fingerprint density at radius 2 is 2.17 bits per heavy atom. The number of aromatic nitrogens is 1. The summed E-state index contributed by atoms with van der Waals surface area (Å²) in [6, 6.07) is 0. The maximum atomic E-state index is 5.25. The van der Waals surface area contributed by atoms with Crippen molar-refractivity contribution in [3.8, 4) is 0 Å². The highest BCUT2D eigenvalue weighted by Gasteiger charge is 2.04. The van der Waals surface area contributed by atoms with Crippen molar-refractivity contribution < 1.29 is 4.74 Å². The van der Waals surface area contributed by atoms with Crippen molar-refractivity contribution in [1.82, 2.24) is 15.6 Å². The first kappa shape index (κ1) is 14.9. The number of nitrogens with zero attached hydrogens (tertiary/aromatic N) is 2. The van der Waals surface area contributed by atoms with Crippen LogP contribution in [-0.4, -0.2) is 37.7 Å². The van der Waals surface area contributed by atoms with Gasteiger partial charge in [0.1, 0.15) is 5.01 Å². The normalized spacial score (nSPS) is 11.7. The van der Waals surface area contributed by atoms with Gasteiger partial charge in [-0.2, -0.15) is 0 Å². The summed E-state index contributed by atoms with van der Waals surface area (Å²) >= 11 is 1.72. The van der Waals surface area contributed by atoms with Crippen molar-refractivity contribution in [2.24, 2.45) is 4.99 Å². The maximum Gasteiger partial charge on any atom is 0.191 e. The summed E-state index contributed by atoms with van der Waals surface area (Å²) in [6.45, 7) is 8.99. The lowest BCUT2D eigenvalue weighted by Gasteiger charge is -2.10. The third-order valence-corrected chi connectivity index (χ3v) is 3.52. The van der Waals surface area contributed by atoms with Gasteiger partial charge in [0.25, 0.3) is 0 Å². The monoisotopic (exact) mass is 270 g/mol. The van der Waals surface area contributed by atoms with Gasteiger partial charge >= 0.3 is 0 Å². The molecule has 1 aromatic rings. The summed E-state index contributed by atoms with van der Waals surface area (Å²) in [5.41, 5.74) is 1.11. The number of ether oxygens (including phenoxy) is 1. The van der Waals surface area contributed by atoms with E-state index >= 15 is 0 Å². The number of aliphatic imine (C=N–C) groups is 1. The second kappa shape index (κ2) is 8.05. The van der Waals surface area contributed by atoms with Crippen LogP contribution < -0.4 is 10.6 Å². The van der Waals surface area contributed by atoms with Crippen LogP contribution in [-0.2, 0) is 11.3 Å². The Hall–Kier alpha value is -1.14. The van der Waals surface area contributed by atoms with Crippen LogP contribution in [0.4, 0.5) is 0 Å². The minimum absolute atomic E-state index is 0.687. The molecule has 0 aliphatic rings. The van der Waals surface area contributed by atoms with Gasteiger partial charge in [0, 0.05) is 25.1 Å². The average Bonchev–Trinajstić information content (AvgIpc) is 2.68. The first-order valence-electron chi connectivity index (χ1n) is 6.12. The molecule has 18 heavy (non-hydrogen) atoms. The summed E-state index contributed by atoms with van der Waals surface area (Å²) in [5.74, 6) is 0.778. The van der Waals surface area contributed by atoms with Gasteiger partial charge in [0.15, 0.2) is 5.96 Å². The molecular formula is C12H22N4OS. The molecular weight excluding hydrogens is 248 g/mol. The Kier molecular flexibility index (Phi) is 6.67. The molecule has 0 amide bonds. The highest BCUT2D eigenvalue weighted by molar-refractivity contribution is 7.11. The van der Waals surface area contributed by atoms with Gasteiger partial charge in [-0.3, -0.25) is 4.99 Å². The van der Waals surface area contributed by atoms with Crippen LogP contribution in [0.1, 0.15) is 22.5 Å². The van der Waals surface area contributed by atoms with E-state index in [0.29, 0.717) is 13.2 Å². The second-order valence-corrected chi connectivity index (χ2v) is 5.09. The third-order valence-electron chi connectivity index (χ3n) is 2.45. The summed E-state index contributed by atoms with van der Waals surface area (Å²) in [4.78, 5) is 9.89. The van der Waals surface area contributed by atoms with E-state index in [2.05, 4.69) is 27.5 Å². The third kappa shape index (κ3) is 5.01. The van der Waals surface area contributed by atoms with E-state index in [1.807, 2.05) is 13.8 Å². The Balaban J connectivity index is 2.31. The Bertz CT molecular complexity index is 370. The summed E-state index contributed by atoms with van der Waals surface area (Å²) in [6.07, 6.45) is 0. The topological polar surface area (TPSA) is 58.5 Å². The molecule has 0 fully saturated rings. The molecule has 0 aliphatic heterocycles. The lowest BCUT2D eigenvalue weighted by atomic mass is 10.4. The lowest BCUT2D eigenvalue weighted by Crippen LogP contribution is -2.38. The van der Waals surface area contributed by atoms with Crippen LogP contribution >= 0.6 is 11.3 Å². The predicted octanol–water partition coefficient (Wildman–Crippen LogP) is 1.46. The van der Waals surface area contributed by atoms with Crippen LogP contribution in [0.2, 0.25) is 0 Å². The van der Waals surface area contributed by atoms with Crippen molar-refractivity contribution >= 4 is 17.3 Å². The van der Waals surface area contributed by atoms with Crippen molar-refractivity contribution in [1.29, 1.82) is 0 Å². The van der Waals surface area contributed by atoms with Gasteiger partial charge in [0.2, 0.25) is 0 Å². The highest BCUT2D eigenvalue weighted by Crippen LogP contribution is 2.15. The lowest BCUT2D eigenvalue weighted by molar-refractivity contribution is 0.152. The quantitative estimate of drug-likeness (QED) is 0.467. The van der Waals surface area contributed by atoms with Crippen LogP contribution in [0.3, 0.4) is 0 Å². The molecule has 1 heterocycles. The van der Waals surface area contributed by atoms with Crippen LogP contribution in [0.5, 0.6) is 0 Å². The number of aryl methyl sites for hydroxylation is 2. The molecule has 6 heteroatoms. The van der Waals surface area contributed by atoms with Gasteiger partial charge in [-0.1, -0.05) is 0 Å². The molecule has 2 N–H and O–H groups in total. The molecule has 0 spiro atoms. The zero-order valence-corrected chi connectivity index (χ0v) is 12.4. The van der Waals surface area contributed by atoms with Crippen LogP contribution in [0.15, 0.2) is 4.99 Å². The largest absolute Gasteiger partial charge is 0.380 e. The van der Waals surface area contributed by atoms with Crippen LogP contribution in [0.25, 0.3) is 0 Å². The minimum Gasteiger partial charge on any atom is -0.380 e. The predicted molar refractivity (Wildman–Crippen MR) is 76.3 cm³/mol. The fourth-order valence-corrected chi connectivity index (χ4v) is 2.25. The van der Waals surface area contributed by atoms with E-state index in [9.17, 15) is 0 Å². The molecule has 0 aliphatic carbocycles. The fourth-order valence-electron chi connectivity index (χ4n) is 1.38. The highest BCUT2D eigenvalue weighted by atomic mass is 32.1.